The minimum atomic E-state index is 0.778. The summed E-state index contributed by atoms with van der Waals surface area (Å²) in [5.41, 5.74) is 0. The van der Waals surface area contributed by atoms with Crippen molar-refractivity contribution in [1.82, 2.24) is 10.3 Å². The Morgan fingerprint density at radius 3 is 2.75 bits per heavy atom. The number of anilines is 1. The van der Waals surface area contributed by atoms with E-state index in [1.54, 1.807) is 17.6 Å². The van der Waals surface area contributed by atoms with Crippen LogP contribution in [0, 0.1) is 0 Å². The molecular formula is C10H16N4OS. The molecule has 0 atom stereocenters. The smallest absolute Gasteiger partial charge is 0.185 e. The highest BCUT2D eigenvalue weighted by atomic mass is 32.1. The van der Waals surface area contributed by atoms with E-state index in [9.17, 15) is 0 Å². The van der Waals surface area contributed by atoms with E-state index in [4.69, 9.17) is 0 Å². The van der Waals surface area contributed by atoms with E-state index in [0.29, 0.717) is 0 Å². The molecule has 6 heteroatoms. The molecule has 0 unspecified atom stereocenters. The first-order valence-corrected chi connectivity index (χ1v) is 6.34. The molecule has 0 amide bonds. The highest BCUT2D eigenvalue weighted by molar-refractivity contribution is 7.13. The number of nitrogens with one attached hydrogen (secondary N) is 1. The van der Waals surface area contributed by atoms with Crippen molar-refractivity contribution in [3.05, 3.63) is 11.6 Å². The molecule has 3 heterocycles. The van der Waals surface area contributed by atoms with Crippen LogP contribution in [0.3, 0.4) is 0 Å². The number of piperazine rings is 1. The fraction of sp³-hybridized carbons (Fsp3) is 0.600. The van der Waals surface area contributed by atoms with E-state index in [-0.39, 0.29) is 0 Å². The van der Waals surface area contributed by atoms with Gasteiger partial charge in [0.2, 0.25) is 0 Å². The predicted octanol–water partition coefficient (Wildman–Crippen LogP) is 0.945. The molecule has 5 nitrogen and oxygen atoms in total. The molecule has 3 rings (SSSR count). The van der Waals surface area contributed by atoms with Crippen LogP contribution >= 0.6 is 11.3 Å². The second kappa shape index (κ2) is 6.44. The summed E-state index contributed by atoms with van der Waals surface area (Å²) in [5, 5.41) is 9.95. The van der Waals surface area contributed by atoms with E-state index in [1.807, 2.05) is 11.6 Å². The molecule has 1 aromatic heterocycles. The van der Waals surface area contributed by atoms with Gasteiger partial charge in [-0.1, -0.05) is 5.16 Å². The minimum Gasteiger partial charge on any atom is -0.396 e. The van der Waals surface area contributed by atoms with Crippen molar-refractivity contribution in [1.29, 1.82) is 0 Å². The zero-order valence-electron chi connectivity index (χ0n) is 9.13. The van der Waals surface area contributed by atoms with Crippen LogP contribution in [0.25, 0.3) is 0 Å². The molecule has 1 saturated heterocycles. The Balaban J connectivity index is 0.000000162. The zero-order valence-corrected chi connectivity index (χ0v) is 9.95. The molecule has 2 aliphatic rings. The van der Waals surface area contributed by atoms with Crippen molar-refractivity contribution in [2.75, 3.05) is 37.7 Å². The third-order valence-corrected chi connectivity index (χ3v) is 3.13. The van der Waals surface area contributed by atoms with Crippen LogP contribution in [-0.2, 0) is 4.84 Å². The van der Waals surface area contributed by atoms with E-state index < -0.39 is 0 Å². The van der Waals surface area contributed by atoms with Crippen molar-refractivity contribution >= 4 is 22.7 Å². The Morgan fingerprint density at radius 2 is 2.25 bits per heavy atom. The van der Waals surface area contributed by atoms with Gasteiger partial charge < -0.3 is 15.1 Å². The van der Waals surface area contributed by atoms with Gasteiger partial charge in [0.1, 0.15) is 6.61 Å². The average Bonchev–Trinajstić information content (AvgIpc) is 3.07. The van der Waals surface area contributed by atoms with Crippen molar-refractivity contribution in [2.24, 2.45) is 5.16 Å². The molecule has 1 fully saturated rings. The third kappa shape index (κ3) is 3.46. The molecule has 0 bridgehead atoms. The molecule has 2 aliphatic heterocycles. The molecule has 1 N–H and O–H groups in total. The van der Waals surface area contributed by atoms with Gasteiger partial charge in [-0.3, -0.25) is 0 Å². The van der Waals surface area contributed by atoms with Crippen LogP contribution < -0.4 is 10.2 Å². The summed E-state index contributed by atoms with van der Waals surface area (Å²) >= 11 is 1.72. The zero-order chi connectivity index (χ0) is 11.1. The van der Waals surface area contributed by atoms with Gasteiger partial charge in [0.15, 0.2) is 5.13 Å². The van der Waals surface area contributed by atoms with Crippen LogP contribution in [0.4, 0.5) is 5.13 Å². The Bertz CT molecular complexity index is 303. The van der Waals surface area contributed by atoms with Gasteiger partial charge >= 0.3 is 0 Å². The summed E-state index contributed by atoms with van der Waals surface area (Å²) in [5.74, 6) is 0. The molecule has 1 aromatic rings. The SMILES string of the molecule is C1=NOCC1.c1csc(N2CCNCC2)n1. The van der Waals surface area contributed by atoms with Gasteiger partial charge in [-0.15, -0.1) is 11.3 Å². The summed E-state index contributed by atoms with van der Waals surface area (Å²) in [6.07, 6.45) is 4.61. The fourth-order valence-corrected chi connectivity index (χ4v) is 2.19. The summed E-state index contributed by atoms with van der Waals surface area (Å²) in [7, 11) is 0. The number of hydrogen-bond acceptors (Lipinski definition) is 6. The maximum atomic E-state index is 4.51. The van der Waals surface area contributed by atoms with Crippen LogP contribution in [-0.4, -0.2) is 44.0 Å². The van der Waals surface area contributed by atoms with Gasteiger partial charge in [-0.2, -0.15) is 0 Å². The number of oxime groups is 1. The van der Waals surface area contributed by atoms with Crippen LogP contribution in [0.1, 0.15) is 6.42 Å². The lowest BCUT2D eigenvalue weighted by atomic mass is 10.4. The standard InChI is InChI=1S/C7H11N3S.C3H5NO/c1-4-10(5-2-8-1)7-9-3-6-11-7;1-2-4-5-3-1/h3,6,8H,1-2,4-5H2;2H,1,3H2. The highest BCUT2D eigenvalue weighted by Crippen LogP contribution is 2.16. The van der Waals surface area contributed by atoms with Crippen LogP contribution in [0.5, 0.6) is 0 Å². The maximum Gasteiger partial charge on any atom is 0.185 e. The lowest BCUT2D eigenvalue weighted by molar-refractivity contribution is 0.174. The molecule has 0 aliphatic carbocycles. The molecule has 88 valence electrons. The lowest BCUT2D eigenvalue weighted by Gasteiger charge is -2.26. The topological polar surface area (TPSA) is 49.8 Å². The average molecular weight is 240 g/mol. The van der Waals surface area contributed by atoms with E-state index in [2.05, 4.69) is 25.2 Å². The highest BCUT2D eigenvalue weighted by Gasteiger charge is 2.11. The Hall–Kier alpha value is -1.14. The molecule has 0 saturated carbocycles. The van der Waals surface area contributed by atoms with Crippen molar-refractivity contribution in [3.63, 3.8) is 0 Å². The number of rotatable bonds is 1. The normalized spacial score (nSPS) is 18.9. The number of hydrogen-bond donors (Lipinski definition) is 1. The monoisotopic (exact) mass is 240 g/mol. The summed E-state index contributed by atoms with van der Waals surface area (Å²) < 4.78 is 0. The van der Waals surface area contributed by atoms with E-state index in [0.717, 1.165) is 44.3 Å². The second-order valence-electron chi connectivity index (χ2n) is 3.46. The molecule has 16 heavy (non-hydrogen) atoms. The molecular weight excluding hydrogens is 224 g/mol. The summed E-state index contributed by atoms with van der Waals surface area (Å²) in [4.78, 5) is 11.1. The van der Waals surface area contributed by atoms with Crippen molar-refractivity contribution in [3.8, 4) is 0 Å². The van der Waals surface area contributed by atoms with E-state index in [1.165, 1.54) is 0 Å². The van der Waals surface area contributed by atoms with Crippen LogP contribution in [0.15, 0.2) is 16.7 Å². The van der Waals surface area contributed by atoms with Gasteiger partial charge in [-0.25, -0.2) is 4.98 Å². The maximum absolute atomic E-state index is 4.51. The third-order valence-electron chi connectivity index (χ3n) is 2.29. The lowest BCUT2D eigenvalue weighted by Crippen LogP contribution is -2.43. The largest absolute Gasteiger partial charge is 0.396 e. The fourth-order valence-electron chi connectivity index (χ4n) is 1.49. The Morgan fingerprint density at radius 1 is 1.38 bits per heavy atom. The first kappa shape index (κ1) is 11.3. The van der Waals surface area contributed by atoms with Crippen LogP contribution in [0.2, 0.25) is 0 Å². The van der Waals surface area contributed by atoms with Gasteiger partial charge in [0.05, 0.1) is 0 Å². The quantitative estimate of drug-likeness (QED) is 0.794. The first-order valence-electron chi connectivity index (χ1n) is 5.46. The first-order chi connectivity index (χ1) is 7.97. The summed E-state index contributed by atoms with van der Waals surface area (Å²) in [6.45, 7) is 5.13. The van der Waals surface area contributed by atoms with E-state index >= 15 is 0 Å². The summed E-state index contributed by atoms with van der Waals surface area (Å²) in [6, 6.07) is 0. The van der Waals surface area contributed by atoms with Crippen molar-refractivity contribution < 1.29 is 4.84 Å². The minimum absolute atomic E-state index is 0.778. The number of aromatic nitrogens is 1. The number of thiazole rings is 1. The predicted molar refractivity (Wildman–Crippen MR) is 66.3 cm³/mol. The second-order valence-corrected chi connectivity index (χ2v) is 4.33. The Labute approximate surface area is 99.1 Å². The van der Waals surface area contributed by atoms with Gasteiger partial charge in [-0.05, 0) is 0 Å². The Kier molecular flexibility index (Phi) is 4.57. The van der Waals surface area contributed by atoms with Gasteiger partial charge in [0, 0.05) is 50.4 Å². The molecule has 0 spiro atoms. The van der Waals surface area contributed by atoms with Gasteiger partial charge in [0.25, 0.3) is 0 Å². The van der Waals surface area contributed by atoms with Crippen molar-refractivity contribution in [2.45, 2.75) is 6.42 Å². The molecule has 0 radical (unpaired) electrons. The number of nitrogens with zero attached hydrogens (tertiary/aromatic N) is 3. The molecule has 0 aromatic carbocycles.